The maximum Gasteiger partial charge on any atom is 0.114 e. The van der Waals surface area contributed by atoms with Crippen LogP contribution in [0.2, 0.25) is 0 Å². The van der Waals surface area contributed by atoms with Gasteiger partial charge < -0.3 is 14.9 Å². The molecule has 1 fully saturated rings. The molecule has 0 amide bonds. The fourth-order valence-electron chi connectivity index (χ4n) is 1.48. The molecule has 1 rings (SSSR count). The molecule has 0 aliphatic heterocycles. The first-order valence-corrected chi connectivity index (χ1v) is 4.17. The van der Waals surface area contributed by atoms with E-state index in [0.29, 0.717) is 19.4 Å². The highest BCUT2D eigenvalue weighted by atomic mass is 16.5. The lowest BCUT2D eigenvalue weighted by molar-refractivity contribution is -0.102. The Morgan fingerprint density at radius 3 is 2.82 bits per heavy atom. The van der Waals surface area contributed by atoms with Crippen LogP contribution >= 0.6 is 0 Å². The van der Waals surface area contributed by atoms with Crippen LogP contribution < -0.4 is 0 Å². The summed E-state index contributed by atoms with van der Waals surface area (Å²) >= 11 is 0. The van der Waals surface area contributed by atoms with E-state index < -0.39 is 11.7 Å². The minimum Gasteiger partial charge on any atom is -0.390 e. The molecule has 3 heteroatoms. The Labute approximate surface area is 67.0 Å². The smallest absolute Gasteiger partial charge is 0.114 e. The number of aliphatic hydroxyl groups excluding tert-OH is 1. The molecule has 1 saturated carbocycles. The summed E-state index contributed by atoms with van der Waals surface area (Å²) in [6.45, 7) is 2.74. The van der Waals surface area contributed by atoms with Crippen molar-refractivity contribution in [2.24, 2.45) is 0 Å². The van der Waals surface area contributed by atoms with E-state index in [0.717, 1.165) is 6.42 Å². The molecule has 0 aromatic carbocycles. The normalized spacial score (nSPS) is 37.9. The Balaban J connectivity index is 2.38. The maximum atomic E-state index is 9.72. The Kier molecular flexibility index (Phi) is 2.87. The molecule has 1 aliphatic rings. The average Bonchev–Trinajstić information content (AvgIpc) is 2.30. The van der Waals surface area contributed by atoms with E-state index in [-0.39, 0.29) is 6.61 Å². The van der Waals surface area contributed by atoms with Gasteiger partial charge in [-0.2, -0.15) is 0 Å². The van der Waals surface area contributed by atoms with E-state index in [1.165, 1.54) is 0 Å². The molecule has 0 spiro atoms. The minimum absolute atomic E-state index is 0.269. The third kappa shape index (κ3) is 1.92. The summed E-state index contributed by atoms with van der Waals surface area (Å²) in [5, 5.41) is 19.1. The Morgan fingerprint density at radius 2 is 2.36 bits per heavy atom. The highest BCUT2D eigenvalue weighted by molar-refractivity contribution is 4.92. The summed E-state index contributed by atoms with van der Waals surface area (Å²) in [6.07, 6.45) is 1.66. The van der Waals surface area contributed by atoms with Gasteiger partial charge in [0.2, 0.25) is 0 Å². The topological polar surface area (TPSA) is 49.7 Å². The molecular formula is C8H16O3. The summed E-state index contributed by atoms with van der Waals surface area (Å²) in [5.74, 6) is 0. The van der Waals surface area contributed by atoms with E-state index in [1.807, 2.05) is 6.92 Å². The molecule has 11 heavy (non-hydrogen) atoms. The minimum atomic E-state index is -0.962. The maximum absolute atomic E-state index is 9.72. The highest BCUT2D eigenvalue weighted by Crippen LogP contribution is 2.29. The van der Waals surface area contributed by atoms with Crippen LogP contribution in [0.4, 0.5) is 0 Å². The monoisotopic (exact) mass is 160 g/mol. The van der Waals surface area contributed by atoms with Gasteiger partial charge in [0.25, 0.3) is 0 Å². The third-order valence-electron chi connectivity index (χ3n) is 2.26. The van der Waals surface area contributed by atoms with Gasteiger partial charge >= 0.3 is 0 Å². The van der Waals surface area contributed by atoms with Crippen LogP contribution in [-0.2, 0) is 4.74 Å². The number of hydrogen-bond acceptors (Lipinski definition) is 3. The molecule has 0 radical (unpaired) electrons. The molecule has 0 aromatic rings. The van der Waals surface area contributed by atoms with Gasteiger partial charge in [0.15, 0.2) is 0 Å². The lowest BCUT2D eigenvalue weighted by Gasteiger charge is -2.25. The zero-order chi connectivity index (χ0) is 8.32. The van der Waals surface area contributed by atoms with E-state index in [9.17, 15) is 10.2 Å². The van der Waals surface area contributed by atoms with Crippen LogP contribution in [0.3, 0.4) is 0 Å². The van der Waals surface area contributed by atoms with Gasteiger partial charge in [-0.1, -0.05) is 0 Å². The summed E-state index contributed by atoms with van der Waals surface area (Å²) in [6, 6.07) is 0. The van der Waals surface area contributed by atoms with Crippen molar-refractivity contribution >= 4 is 0 Å². The molecular weight excluding hydrogens is 144 g/mol. The fourth-order valence-corrected chi connectivity index (χ4v) is 1.48. The van der Waals surface area contributed by atoms with Crippen molar-refractivity contribution in [3.05, 3.63) is 0 Å². The molecule has 3 nitrogen and oxygen atoms in total. The third-order valence-corrected chi connectivity index (χ3v) is 2.26. The summed E-state index contributed by atoms with van der Waals surface area (Å²) in [4.78, 5) is 0. The van der Waals surface area contributed by atoms with Gasteiger partial charge in [-0.25, -0.2) is 0 Å². The Hall–Kier alpha value is -0.120. The molecule has 2 unspecified atom stereocenters. The summed E-state index contributed by atoms with van der Waals surface area (Å²) in [5.41, 5.74) is -0.962. The highest BCUT2D eigenvalue weighted by Gasteiger charge is 2.40. The fraction of sp³-hybridized carbons (Fsp3) is 1.00. The first kappa shape index (κ1) is 8.97. The molecule has 2 atom stereocenters. The van der Waals surface area contributed by atoms with Crippen molar-refractivity contribution in [3.63, 3.8) is 0 Å². The van der Waals surface area contributed by atoms with E-state index in [2.05, 4.69) is 0 Å². The Bertz CT molecular complexity index is 127. The van der Waals surface area contributed by atoms with Crippen molar-refractivity contribution in [2.45, 2.75) is 37.9 Å². The second kappa shape index (κ2) is 3.52. The standard InChI is InChI=1S/C8H16O3/c1-2-11-6-8(10)5-3-4-7(8)9/h7,9-10H,2-6H2,1H3. The first-order valence-electron chi connectivity index (χ1n) is 4.17. The average molecular weight is 160 g/mol. The second-order valence-electron chi connectivity index (χ2n) is 3.15. The largest absolute Gasteiger partial charge is 0.390 e. The zero-order valence-electron chi connectivity index (χ0n) is 6.92. The van der Waals surface area contributed by atoms with Gasteiger partial charge in [0.05, 0.1) is 12.7 Å². The summed E-state index contributed by atoms with van der Waals surface area (Å²) < 4.78 is 5.08. The van der Waals surface area contributed by atoms with E-state index in [1.54, 1.807) is 0 Å². The van der Waals surface area contributed by atoms with Crippen LogP contribution in [0.15, 0.2) is 0 Å². The predicted molar refractivity (Wildman–Crippen MR) is 41.3 cm³/mol. The molecule has 66 valence electrons. The van der Waals surface area contributed by atoms with Crippen molar-refractivity contribution in [2.75, 3.05) is 13.2 Å². The van der Waals surface area contributed by atoms with Gasteiger partial charge in [0.1, 0.15) is 5.60 Å². The number of ether oxygens (including phenoxy) is 1. The van der Waals surface area contributed by atoms with Crippen molar-refractivity contribution in [1.82, 2.24) is 0 Å². The SMILES string of the molecule is CCOCC1(O)CCCC1O. The van der Waals surface area contributed by atoms with Gasteiger partial charge in [-0.15, -0.1) is 0 Å². The van der Waals surface area contributed by atoms with Crippen molar-refractivity contribution < 1.29 is 14.9 Å². The zero-order valence-corrected chi connectivity index (χ0v) is 6.92. The van der Waals surface area contributed by atoms with Crippen LogP contribution in [-0.4, -0.2) is 35.1 Å². The van der Waals surface area contributed by atoms with Crippen LogP contribution in [0.1, 0.15) is 26.2 Å². The molecule has 0 heterocycles. The first-order chi connectivity index (χ1) is 5.19. The molecule has 0 aromatic heterocycles. The molecule has 1 aliphatic carbocycles. The number of rotatable bonds is 3. The molecule has 0 bridgehead atoms. The quantitative estimate of drug-likeness (QED) is 0.624. The van der Waals surface area contributed by atoms with Gasteiger partial charge in [-0.05, 0) is 26.2 Å². The van der Waals surface area contributed by atoms with E-state index in [4.69, 9.17) is 4.74 Å². The Morgan fingerprint density at radius 1 is 1.64 bits per heavy atom. The van der Waals surface area contributed by atoms with Crippen molar-refractivity contribution in [1.29, 1.82) is 0 Å². The summed E-state index contributed by atoms with van der Waals surface area (Å²) in [7, 11) is 0. The van der Waals surface area contributed by atoms with Crippen LogP contribution in [0.25, 0.3) is 0 Å². The number of aliphatic hydroxyl groups is 2. The van der Waals surface area contributed by atoms with Crippen LogP contribution in [0, 0.1) is 0 Å². The van der Waals surface area contributed by atoms with E-state index >= 15 is 0 Å². The lowest BCUT2D eigenvalue weighted by atomic mass is 10.0. The van der Waals surface area contributed by atoms with Gasteiger partial charge in [0, 0.05) is 6.61 Å². The molecule has 2 N–H and O–H groups in total. The number of hydrogen-bond donors (Lipinski definition) is 2. The predicted octanol–water partition coefficient (Wildman–Crippen LogP) is 0.299. The van der Waals surface area contributed by atoms with Gasteiger partial charge in [-0.3, -0.25) is 0 Å². The van der Waals surface area contributed by atoms with Crippen LogP contribution in [0.5, 0.6) is 0 Å². The molecule has 0 saturated heterocycles. The lowest BCUT2D eigenvalue weighted by Crippen LogP contribution is -2.41. The second-order valence-corrected chi connectivity index (χ2v) is 3.15. The van der Waals surface area contributed by atoms with Crippen molar-refractivity contribution in [3.8, 4) is 0 Å².